The molecule has 4 heteroatoms. The summed E-state index contributed by atoms with van der Waals surface area (Å²) in [5.74, 6) is -0.0686. The molecule has 0 saturated carbocycles. The molecule has 0 fully saturated rings. The van der Waals surface area contributed by atoms with Gasteiger partial charge < -0.3 is 9.47 Å². The molecule has 1 aromatic heterocycles. The standard InChI is InChI=1S/C23H31FN2O/c1-2-3-4-5-6-7-8-14-22(27)26-17-16-25-15-10-13-21(25)23(26)19-11-9-12-20(24)18-19/h9-13,15,18,23H,2-8,14,16-17H2,1H3. The van der Waals surface area contributed by atoms with Crippen LogP contribution in [-0.4, -0.2) is 21.9 Å². The largest absolute Gasteiger partial charge is 0.348 e. The van der Waals surface area contributed by atoms with E-state index in [4.69, 9.17) is 0 Å². The van der Waals surface area contributed by atoms with Crippen molar-refractivity contribution < 1.29 is 9.18 Å². The van der Waals surface area contributed by atoms with Gasteiger partial charge in [-0.2, -0.15) is 0 Å². The predicted octanol–water partition coefficient (Wildman–Crippen LogP) is 5.70. The highest BCUT2D eigenvalue weighted by Gasteiger charge is 2.31. The van der Waals surface area contributed by atoms with Gasteiger partial charge in [0.05, 0.1) is 6.04 Å². The van der Waals surface area contributed by atoms with E-state index in [0.29, 0.717) is 13.0 Å². The van der Waals surface area contributed by atoms with Crippen molar-refractivity contribution in [2.75, 3.05) is 6.54 Å². The summed E-state index contributed by atoms with van der Waals surface area (Å²) in [7, 11) is 0. The van der Waals surface area contributed by atoms with Crippen LogP contribution in [0.3, 0.4) is 0 Å². The Kier molecular flexibility index (Phi) is 7.08. The Labute approximate surface area is 162 Å². The fourth-order valence-corrected chi connectivity index (χ4v) is 4.06. The number of unbranched alkanes of at least 4 members (excludes halogenated alkanes) is 6. The number of halogens is 1. The molecule has 0 radical (unpaired) electrons. The number of carbonyl (C=O) groups is 1. The second kappa shape index (κ2) is 9.72. The molecular formula is C23H31FN2O. The third-order valence-corrected chi connectivity index (χ3v) is 5.52. The van der Waals surface area contributed by atoms with Gasteiger partial charge in [-0.05, 0) is 36.2 Å². The van der Waals surface area contributed by atoms with E-state index in [1.54, 1.807) is 12.1 Å². The van der Waals surface area contributed by atoms with E-state index in [0.717, 1.165) is 30.6 Å². The molecule has 146 valence electrons. The molecule has 1 amide bonds. The first kappa shape index (κ1) is 19.7. The molecule has 0 saturated heterocycles. The minimum absolute atomic E-state index is 0.185. The van der Waals surface area contributed by atoms with Crippen molar-refractivity contribution in [3.05, 3.63) is 59.7 Å². The van der Waals surface area contributed by atoms with Gasteiger partial charge in [0, 0.05) is 31.4 Å². The highest BCUT2D eigenvalue weighted by Crippen LogP contribution is 2.33. The van der Waals surface area contributed by atoms with E-state index in [1.165, 1.54) is 38.2 Å². The summed E-state index contributed by atoms with van der Waals surface area (Å²) in [4.78, 5) is 14.9. The minimum Gasteiger partial charge on any atom is -0.348 e. The Hall–Kier alpha value is -2.10. The zero-order valence-corrected chi connectivity index (χ0v) is 16.4. The van der Waals surface area contributed by atoms with E-state index in [9.17, 15) is 9.18 Å². The van der Waals surface area contributed by atoms with Crippen LogP contribution in [0, 0.1) is 5.82 Å². The van der Waals surface area contributed by atoms with Crippen LogP contribution in [0.2, 0.25) is 0 Å². The lowest BCUT2D eigenvalue weighted by Crippen LogP contribution is -2.42. The van der Waals surface area contributed by atoms with Crippen molar-refractivity contribution >= 4 is 5.91 Å². The lowest BCUT2D eigenvalue weighted by molar-refractivity contribution is -0.134. The summed E-state index contributed by atoms with van der Waals surface area (Å²) in [6.07, 6.45) is 11.0. The number of hydrogen-bond donors (Lipinski definition) is 0. The van der Waals surface area contributed by atoms with Crippen molar-refractivity contribution in [1.29, 1.82) is 0 Å². The maximum absolute atomic E-state index is 13.8. The van der Waals surface area contributed by atoms with Crippen molar-refractivity contribution in [2.45, 2.75) is 70.9 Å². The Morgan fingerprint density at radius 2 is 1.81 bits per heavy atom. The monoisotopic (exact) mass is 370 g/mol. The first-order valence-electron chi connectivity index (χ1n) is 10.4. The van der Waals surface area contributed by atoms with Crippen LogP contribution in [0.1, 0.15) is 75.6 Å². The average molecular weight is 371 g/mol. The lowest BCUT2D eigenvalue weighted by atomic mass is 9.99. The van der Waals surface area contributed by atoms with Gasteiger partial charge in [-0.15, -0.1) is 0 Å². The predicted molar refractivity (Wildman–Crippen MR) is 107 cm³/mol. The van der Waals surface area contributed by atoms with Crippen LogP contribution in [0.5, 0.6) is 0 Å². The van der Waals surface area contributed by atoms with Crippen molar-refractivity contribution in [3.8, 4) is 0 Å². The summed E-state index contributed by atoms with van der Waals surface area (Å²) in [5, 5.41) is 0. The molecule has 0 bridgehead atoms. The number of fused-ring (bicyclic) bond motifs is 1. The third kappa shape index (κ3) is 5.00. The molecule has 0 spiro atoms. The molecule has 2 heterocycles. The van der Waals surface area contributed by atoms with E-state index in [1.807, 2.05) is 29.3 Å². The Balaban J connectivity index is 1.64. The highest BCUT2D eigenvalue weighted by molar-refractivity contribution is 5.77. The molecular weight excluding hydrogens is 339 g/mol. The van der Waals surface area contributed by atoms with Crippen LogP contribution < -0.4 is 0 Å². The number of amides is 1. The second-order valence-corrected chi connectivity index (χ2v) is 7.54. The fourth-order valence-electron chi connectivity index (χ4n) is 4.06. The van der Waals surface area contributed by atoms with Gasteiger partial charge in [0.25, 0.3) is 0 Å². The number of nitrogens with zero attached hydrogens (tertiary/aromatic N) is 2. The van der Waals surface area contributed by atoms with Crippen LogP contribution in [-0.2, 0) is 11.3 Å². The van der Waals surface area contributed by atoms with Crippen molar-refractivity contribution in [2.24, 2.45) is 0 Å². The van der Waals surface area contributed by atoms with Gasteiger partial charge in [-0.25, -0.2) is 4.39 Å². The van der Waals surface area contributed by atoms with Crippen LogP contribution in [0.15, 0.2) is 42.6 Å². The number of benzene rings is 1. The number of carbonyl (C=O) groups excluding carboxylic acids is 1. The van der Waals surface area contributed by atoms with Gasteiger partial charge in [0.1, 0.15) is 5.82 Å². The summed E-state index contributed by atoms with van der Waals surface area (Å²) >= 11 is 0. The number of aromatic nitrogens is 1. The maximum atomic E-state index is 13.8. The normalized spacial score (nSPS) is 16.4. The SMILES string of the molecule is CCCCCCCCCC(=O)N1CCn2cccc2C1c1cccc(F)c1. The number of hydrogen-bond acceptors (Lipinski definition) is 1. The van der Waals surface area contributed by atoms with Crippen LogP contribution in [0.4, 0.5) is 4.39 Å². The maximum Gasteiger partial charge on any atom is 0.223 e. The minimum atomic E-state index is -0.254. The zero-order chi connectivity index (χ0) is 19.1. The van der Waals surface area contributed by atoms with E-state index in [-0.39, 0.29) is 17.8 Å². The molecule has 0 N–H and O–H groups in total. The van der Waals surface area contributed by atoms with E-state index >= 15 is 0 Å². The molecule has 1 atom stereocenters. The third-order valence-electron chi connectivity index (χ3n) is 5.52. The topological polar surface area (TPSA) is 25.2 Å². The van der Waals surface area contributed by atoms with Gasteiger partial charge >= 0.3 is 0 Å². The van der Waals surface area contributed by atoms with Gasteiger partial charge in [-0.3, -0.25) is 4.79 Å². The van der Waals surface area contributed by atoms with Gasteiger partial charge in [0.15, 0.2) is 0 Å². The molecule has 1 unspecified atom stereocenters. The molecule has 0 aliphatic carbocycles. The fraction of sp³-hybridized carbons (Fsp3) is 0.522. The molecule has 3 rings (SSSR count). The van der Waals surface area contributed by atoms with Crippen LogP contribution >= 0.6 is 0 Å². The summed E-state index contributed by atoms with van der Waals surface area (Å²) in [6, 6.07) is 10.5. The molecule has 2 aromatic rings. The van der Waals surface area contributed by atoms with Crippen LogP contribution in [0.25, 0.3) is 0 Å². The quantitative estimate of drug-likeness (QED) is 0.520. The first-order valence-corrected chi connectivity index (χ1v) is 10.4. The number of rotatable bonds is 9. The highest BCUT2D eigenvalue weighted by atomic mass is 19.1. The lowest BCUT2D eigenvalue weighted by Gasteiger charge is -2.37. The van der Waals surface area contributed by atoms with Gasteiger partial charge in [-0.1, -0.05) is 57.6 Å². The van der Waals surface area contributed by atoms with E-state index in [2.05, 4.69) is 11.5 Å². The summed E-state index contributed by atoms with van der Waals surface area (Å²) < 4.78 is 16.0. The smallest absolute Gasteiger partial charge is 0.223 e. The van der Waals surface area contributed by atoms with Crippen molar-refractivity contribution in [3.63, 3.8) is 0 Å². The first-order chi connectivity index (χ1) is 13.2. The summed E-state index contributed by atoms with van der Waals surface area (Å²) in [5.41, 5.74) is 1.92. The van der Waals surface area contributed by atoms with Crippen molar-refractivity contribution in [1.82, 2.24) is 9.47 Å². The molecule has 3 nitrogen and oxygen atoms in total. The molecule has 27 heavy (non-hydrogen) atoms. The molecule has 1 aromatic carbocycles. The average Bonchev–Trinajstić information content (AvgIpc) is 3.15. The molecule has 1 aliphatic heterocycles. The Bertz CT molecular complexity index is 739. The Morgan fingerprint density at radius 1 is 1.04 bits per heavy atom. The zero-order valence-electron chi connectivity index (χ0n) is 16.4. The second-order valence-electron chi connectivity index (χ2n) is 7.54. The van der Waals surface area contributed by atoms with E-state index < -0.39 is 0 Å². The molecule has 1 aliphatic rings. The Morgan fingerprint density at radius 3 is 2.59 bits per heavy atom. The van der Waals surface area contributed by atoms with Gasteiger partial charge in [0.2, 0.25) is 5.91 Å². The summed E-state index contributed by atoms with van der Waals surface area (Å²) in [6.45, 7) is 3.71.